The molecule has 0 heterocycles. The summed E-state index contributed by atoms with van der Waals surface area (Å²) in [6.07, 6.45) is -1.62. The fraction of sp³-hybridized carbons (Fsp3) is 0.174. The molecule has 2 N–H and O–H groups in total. The van der Waals surface area contributed by atoms with E-state index in [1.165, 1.54) is 18.2 Å². The molecule has 0 unspecified atom stereocenters. The van der Waals surface area contributed by atoms with E-state index >= 15 is 0 Å². The van der Waals surface area contributed by atoms with E-state index in [9.17, 15) is 14.3 Å². The van der Waals surface area contributed by atoms with Crippen LogP contribution in [0.25, 0.3) is 11.1 Å². The van der Waals surface area contributed by atoms with Crippen LogP contribution in [0.3, 0.4) is 0 Å². The normalized spacial score (nSPS) is 13.5. The Hall–Kier alpha value is -3.18. The van der Waals surface area contributed by atoms with E-state index in [-0.39, 0.29) is 19.1 Å². The number of hydrogen-bond acceptors (Lipinski definition) is 3. The first-order chi connectivity index (χ1) is 13.6. The summed E-state index contributed by atoms with van der Waals surface area (Å²) >= 11 is 0. The zero-order chi connectivity index (χ0) is 19.5. The second-order valence-corrected chi connectivity index (χ2v) is 6.78. The van der Waals surface area contributed by atoms with Crippen molar-refractivity contribution < 1.29 is 19.0 Å². The minimum Gasteiger partial charge on any atom is -0.449 e. The average Bonchev–Trinajstić information content (AvgIpc) is 3.04. The van der Waals surface area contributed by atoms with Crippen LogP contribution in [0.5, 0.6) is 0 Å². The standard InChI is InChI=1S/C23H20FNO3/c24-16-7-5-6-15(12-16)22(26)13-25-23(27)28-14-21-19-10-3-1-8-17(19)18-9-2-4-11-20(18)21/h1-12,21-22,26H,13-14H2,(H,25,27)/t22-/m1/s1. The quantitative estimate of drug-likeness (QED) is 0.693. The van der Waals surface area contributed by atoms with Gasteiger partial charge in [-0.25, -0.2) is 9.18 Å². The maximum Gasteiger partial charge on any atom is 0.407 e. The Labute approximate surface area is 162 Å². The van der Waals surface area contributed by atoms with Crippen LogP contribution < -0.4 is 5.32 Å². The highest BCUT2D eigenvalue weighted by Crippen LogP contribution is 2.44. The molecule has 0 aliphatic heterocycles. The van der Waals surface area contributed by atoms with E-state index in [1.807, 2.05) is 24.3 Å². The predicted octanol–water partition coefficient (Wildman–Crippen LogP) is 4.40. The van der Waals surface area contributed by atoms with Gasteiger partial charge in [0.05, 0.1) is 12.6 Å². The lowest BCUT2D eigenvalue weighted by molar-refractivity contribution is 0.128. The van der Waals surface area contributed by atoms with Crippen LogP contribution >= 0.6 is 0 Å². The topological polar surface area (TPSA) is 58.6 Å². The molecule has 142 valence electrons. The summed E-state index contributed by atoms with van der Waals surface area (Å²) in [5.74, 6) is -0.455. The maximum absolute atomic E-state index is 13.2. The molecule has 5 heteroatoms. The van der Waals surface area contributed by atoms with Gasteiger partial charge in [0.25, 0.3) is 0 Å². The molecule has 0 aromatic heterocycles. The lowest BCUT2D eigenvalue weighted by atomic mass is 9.98. The number of nitrogens with one attached hydrogen (secondary N) is 1. The van der Waals surface area contributed by atoms with Crippen LogP contribution in [0.15, 0.2) is 72.8 Å². The highest BCUT2D eigenvalue weighted by atomic mass is 19.1. The first-order valence-electron chi connectivity index (χ1n) is 9.16. The Bertz CT molecular complexity index is 959. The van der Waals surface area contributed by atoms with Gasteiger partial charge in [-0.1, -0.05) is 60.7 Å². The third-order valence-electron chi connectivity index (χ3n) is 5.02. The van der Waals surface area contributed by atoms with Gasteiger partial charge in [0, 0.05) is 5.92 Å². The zero-order valence-electron chi connectivity index (χ0n) is 15.1. The van der Waals surface area contributed by atoms with Crippen molar-refractivity contribution in [1.29, 1.82) is 0 Å². The number of hydrogen-bond donors (Lipinski definition) is 2. The number of aliphatic hydroxyl groups excluding tert-OH is 1. The van der Waals surface area contributed by atoms with Crippen molar-refractivity contribution in [3.63, 3.8) is 0 Å². The maximum atomic E-state index is 13.2. The first-order valence-corrected chi connectivity index (χ1v) is 9.16. The number of aliphatic hydroxyl groups is 1. The molecule has 28 heavy (non-hydrogen) atoms. The van der Waals surface area contributed by atoms with Crippen LogP contribution in [0, 0.1) is 5.82 Å². The first kappa shape index (κ1) is 18.2. The van der Waals surface area contributed by atoms with E-state index in [0.717, 1.165) is 22.3 Å². The fourth-order valence-electron chi connectivity index (χ4n) is 3.66. The second-order valence-electron chi connectivity index (χ2n) is 6.78. The Morgan fingerprint density at radius 1 is 1.00 bits per heavy atom. The van der Waals surface area contributed by atoms with Gasteiger partial charge >= 0.3 is 6.09 Å². The summed E-state index contributed by atoms with van der Waals surface area (Å²) in [6, 6.07) is 21.9. The molecular weight excluding hydrogens is 357 g/mol. The number of carbonyl (C=O) groups excluding carboxylic acids is 1. The lowest BCUT2D eigenvalue weighted by Gasteiger charge is -2.16. The van der Waals surface area contributed by atoms with E-state index in [1.54, 1.807) is 6.07 Å². The lowest BCUT2D eigenvalue weighted by Crippen LogP contribution is -2.30. The Morgan fingerprint density at radius 2 is 1.64 bits per heavy atom. The Morgan fingerprint density at radius 3 is 2.29 bits per heavy atom. The van der Waals surface area contributed by atoms with Gasteiger partial charge in [-0.15, -0.1) is 0 Å². The molecule has 0 fully saturated rings. The van der Waals surface area contributed by atoms with Crippen molar-refractivity contribution in [3.8, 4) is 11.1 Å². The molecule has 1 amide bonds. The summed E-state index contributed by atoms with van der Waals surface area (Å²) in [6.45, 7) is 0.149. The summed E-state index contributed by atoms with van der Waals surface area (Å²) in [7, 11) is 0. The SMILES string of the molecule is O=C(NC[C@@H](O)c1cccc(F)c1)OCC1c2ccccc2-c2ccccc21. The molecular formula is C23H20FNO3. The number of rotatable bonds is 5. The van der Waals surface area contributed by atoms with Crippen molar-refractivity contribution in [1.82, 2.24) is 5.32 Å². The van der Waals surface area contributed by atoms with Crippen LogP contribution in [0.2, 0.25) is 0 Å². The molecule has 4 rings (SSSR count). The molecule has 3 aromatic rings. The Balaban J connectivity index is 1.37. The van der Waals surface area contributed by atoms with Gasteiger partial charge in [0.1, 0.15) is 12.4 Å². The molecule has 1 atom stereocenters. The molecule has 0 spiro atoms. The number of fused-ring (bicyclic) bond motifs is 3. The molecule has 1 aliphatic rings. The minimum atomic E-state index is -1.00. The predicted molar refractivity (Wildman–Crippen MR) is 104 cm³/mol. The zero-order valence-corrected chi connectivity index (χ0v) is 15.1. The van der Waals surface area contributed by atoms with Gasteiger partial charge in [-0.05, 0) is 39.9 Å². The molecule has 3 aromatic carbocycles. The van der Waals surface area contributed by atoms with Crippen molar-refractivity contribution >= 4 is 6.09 Å². The molecule has 1 aliphatic carbocycles. The highest BCUT2D eigenvalue weighted by molar-refractivity contribution is 5.79. The minimum absolute atomic E-state index is 0.0220. The van der Waals surface area contributed by atoms with Gasteiger partial charge < -0.3 is 15.2 Å². The average molecular weight is 377 g/mol. The van der Waals surface area contributed by atoms with Gasteiger partial charge in [-0.3, -0.25) is 0 Å². The van der Waals surface area contributed by atoms with Gasteiger partial charge in [0.2, 0.25) is 0 Å². The number of benzene rings is 3. The van der Waals surface area contributed by atoms with Gasteiger partial charge in [-0.2, -0.15) is 0 Å². The van der Waals surface area contributed by atoms with E-state index in [2.05, 4.69) is 29.6 Å². The van der Waals surface area contributed by atoms with E-state index in [4.69, 9.17) is 4.74 Å². The third-order valence-corrected chi connectivity index (χ3v) is 5.02. The molecule has 0 radical (unpaired) electrons. The molecule has 0 bridgehead atoms. The summed E-state index contributed by atoms with van der Waals surface area (Å²) in [5.41, 5.74) is 4.99. The molecule has 0 saturated carbocycles. The largest absolute Gasteiger partial charge is 0.449 e. The number of ether oxygens (including phenoxy) is 1. The van der Waals surface area contributed by atoms with E-state index < -0.39 is 18.0 Å². The van der Waals surface area contributed by atoms with Crippen LogP contribution in [-0.2, 0) is 4.74 Å². The van der Waals surface area contributed by atoms with Crippen LogP contribution in [0.1, 0.15) is 28.7 Å². The molecule has 4 nitrogen and oxygen atoms in total. The Kier molecular flexibility index (Phi) is 5.08. The van der Waals surface area contributed by atoms with Crippen LogP contribution in [-0.4, -0.2) is 24.4 Å². The summed E-state index contributed by atoms with van der Waals surface area (Å²) < 4.78 is 18.7. The third kappa shape index (κ3) is 3.62. The van der Waals surface area contributed by atoms with Crippen LogP contribution in [0.4, 0.5) is 9.18 Å². The fourth-order valence-corrected chi connectivity index (χ4v) is 3.66. The summed E-state index contributed by atoms with van der Waals surface area (Å²) in [5, 5.41) is 12.6. The van der Waals surface area contributed by atoms with Gasteiger partial charge in [0.15, 0.2) is 0 Å². The van der Waals surface area contributed by atoms with Crippen molar-refractivity contribution in [3.05, 3.63) is 95.3 Å². The monoisotopic (exact) mass is 377 g/mol. The summed E-state index contributed by atoms with van der Waals surface area (Å²) in [4.78, 5) is 12.1. The number of halogens is 1. The highest BCUT2D eigenvalue weighted by Gasteiger charge is 2.29. The number of carbonyl (C=O) groups is 1. The van der Waals surface area contributed by atoms with E-state index in [0.29, 0.717) is 5.56 Å². The van der Waals surface area contributed by atoms with Crippen molar-refractivity contribution in [2.24, 2.45) is 0 Å². The second kappa shape index (κ2) is 7.82. The molecule has 0 saturated heterocycles. The van der Waals surface area contributed by atoms with Crippen molar-refractivity contribution in [2.45, 2.75) is 12.0 Å². The van der Waals surface area contributed by atoms with Crippen molar-refractivity contribution in [2.75, 3.05) is 13.2 Å². The number of amides is 1. The number of alkyl carbamates (subject to hydrolysis) is 1. The smallest absolute Gasteiger partial charge is 0.407 e.